The SMILES string of the molecule is CC(C)(CO[PH](O)(O)O)[C@@H](O)C(O)NCCC(O)NC(CS)C(O)O. The Labute approximate surface area is 152 Å². The zero-order chi connectivity index (χ0) is 19.8. The molecule has 11 nitrogen and oxygen atoms in total. The molecule has 0 fully saturated rings. The molecule has 0 heterocycles. The Morgan fingerprint density at radius 3 is 2.08 bits per heavy atom. The van der Waals surface area contributed by atoms with Crippen LogP contribution in [0.2, 0.25) is 0 Å². The fourth-order valence-electron chi connectivity index (χ4n) is 1.84. The minimum absolute atomic E-state index is 0.0723. The molecule has 13 heteroatoms. The van der Waals surface area contributed by atoms with Crippen LogP contribution in [0.3, 0.4) is 0 Å². The molecule has 0 aliphatic heterocycles. The van der Waals surface area contributed by atoms with Crippen LogP contribution in [0.5, 0.6) is 0 Å². The van der Waals surface area contributed by atoms with Crippen LogP contribution in [0.15, 0.2) is 0 Å². The average Bonchev–Trinajstić information content (AvgIpc) is 2.48. The first-order valence-corrected chi connectivity index (χ1v) is 10.00. The number of aliphatic hydroxyl groups is 5. The summed E-state index contributed by atoms with van der Waals surface area (Å²) in [5.41, 5.74) is -1.12. The van der Waals surface area contributed by atoms with E-state index in [0.29, 0.717) is 0 Å². The molecule has 0 aromatic rings. The van der Waals surface area contributed by atoms with Gasteiger partial charge in [-0.05, 0) is 0 Å². The van der Waals surface area contributed by atoms with Crippen molar-refractivity contribution < 1.29 is 44.7 Å². The summed E-state index contributed by atoms with van der Waals surface area (Å²) in [5, 5.41) is 52.9. The van der Waals surface area contributed by atoms with Gasteiger partial charge in [0.1, 0.15) is 0 Å². The molecular weight excluding hydrogens is 379 g/mol. The molecule has 0 radical (unpaired) electrons. The van der Waals surface area contributed by atoms with E-state index in [2.05, 4.69) is 27.8 Å². The van der Waals surface area contributed by atoms with Crippen LogP contribution < -0.4 is 10.6 Å². The maximum atomic E-state index is 10.1. The van der Waals surface area contributed by atoms with E-state index < -0.39 is 51.1 Å². The van der Waals surface area contributed by atoms with Gasteiger partial charge >= 0.3 is 129 Å². The third-order valence-corrected chi connectivity index (χ3v) is 4.40. The van der Waals surface area contributed by atoms with Crippen molar-refractivity contribution in [3.05, 3.63) is 0 Å². The van der Waals surface area contributed by atoms with Gasteiger partial charge in [-0.3, -0.25) is 0 Å². The number of rotatable bonds is 13. The van der Waals surface area contributed by atoms with Crippen molar-refractivity contribution in [3.8, 4) is 0 Å². The van der Waals surface area contributed by atoms with Gasteiger partial charge < -0.3 is 10.2 Å². The molecule has 0 aromatic carbocycles. The first-order chi connectivity index (χ1) is 11.3. The van der Waals surface area contributed by atoms with Gasteiger partial charge in [0.15, 0.2) is 0 Å². The summed E-state index contributed by atoms with van der Waals surface area (Å²) in [7, 11) is -4.72. The standard InChI is InChI=1S/C12H31N2O9PS/c1-12(2,6-23-24(20,21)22)9(16)10(17)13-4-3-8(15)14-7(5-25)11(18)19/h7-11,13-22,24-25H,3-6H2,1-2H3/t7?,8?,9-,10?/m0/s1. The Balaban J connectivity index is 4.29. The molecule has 0 spiro atoms. The summed E-state index contributed by atoms with van der Waals surface area (Å²) in [4.78, 5) is 26.5. The van der Waals surface area contributed by atoms with Gasteiger partial charge in [0.2, 0.25) is 0 Å². The molecule has 0 aliphatic carbocycles. The first kappa shape index (κ1) is 25.3. The third-order valence-electron chi connectivity index (χ3n) is 3.47. The molecule has 10 N–H and O–H groups in total. The summed E-state index contributed by atoms with van der Waals surface area (Å²) < 4.78 is 4.49. The fourth-order valence-corrected chi connectivity index (χ4v) is 2.70. The normalized spacial score (nSPS) is 18.9. The van der Waals surface area contributed by atoms with E-state index >= 15 is 0 Å². The Bertz CT molecular complexity index is 373. The van der Waals surface area contributed by atoms with Gasteiger partial charge in [-0.1, -0.05) is 0 Å². The molecule has 4 atom stereocenters. The molecule has 0 aromatic heterocycles. The number of thiol groups is 1. The van der Waals surface area contributed by atoms with E-state index in [-0.39, 0.29) is 18.7 Å². The minimum Gasteiger partial charge on any atom is -0.367 e. The molecule has 0 amide bonds. The van der Waals surface area contributed by atoms with Crippen LogP contribution in [-0.4, -0.2) is 90.0 Å². The van der Waals surface area contributed by atoms with E-state index in [1.807, 2.05) is 0 Å². The maximum absolute atomic E-state index is 10.1. The smallest absolute Gasteiger partial charge is 0.367 e. The molecule has 0 aliphatic rings. The Kier molecular flexibility index (Phi) is 11.4. The van der Waals surface area contributed by atoms with Crippen LogP contribution >= 0.6 is 20.8 Å². The van der Waals surface area contributed by atoms with Gasteiger partial charge in [0.05, 0.1) is 0 Å². The van der Waals surface area contributed by atoms with Gasteiger partial charge in [-0.2, -0.15) is 12.6 Å². The van der Waals surface area contributed by atoms with Crippen LogP contribution in [-0.2, 0) is 4.52 Å². The fraction of sp³-hybridized carbons (Fsp3) is 1.00. The molecule has 0 saturated heterocycles. The predicted octanol–water partition coefficient (Wildman–Crippen LogP) is -3.41. The Hall–Kier alpha value is 0.340. The Morgan fingerprint density at radius 1 is 1.08 bits per heavy atom. The Morgan fingerprint density at radius 2 is 1.64 bits per heavy atom. The zero-order valence-corrected chi connectivity index (χ0v) is 16.0. The van der Waals surface area contributed by atoms with Gasteiger partial charge in [0, 0.05) is 0 Å². The monoisotopic (exact) mass is 410 g/mol. The summed E-state index contributed by atoms with van der Waals surface area (Å²) in [5.74, 6) is 0.0864. The van der Waals surface area contributed by atoms with E-state index in [1.54, 1.807) is 0 Å². The second-order valence-corrected chi connectivity index (χ2v) is 8.17. The van der Waals surface area contributed by atoms with Crippen LogP contribution in [0.4, 0.5) is 0 Å². The van der Waals surface area contributed by atoms with E-state index in [0.717, 1.165) is 0 Å². The van der Waals surface area contributed by atoms with E-state index in [9.17, 15) is 15.3 Å². The average molecular weight is 410 g/mol. The molecule has 154 valence electrons. The molecule has 25 heavy (non-hydrogen) atoms. The van der Waals surface area contributed by atoms with Crippen molar-refractivity contribution >= 4 is 20.8 Å². The molecule has 3 unspecified atom stereocenters. The summed E-state index contributed by atoms with van der Waals surface area (Å²) in [6, 6.07) is -0.829. The number of aliphatic hydroxyl groups excluding tert-OH is 4. The second-order valence-electron chi connectivity index (χ2n) is 6.37. The predicted molar refractivity (Wildman–Crippen MR) is 94.3 cm³/mol. The van der Waals surface area contributed by atoms with Crippen LogP contribution in [0.1, 0.15) is 20.3 Å². The van der Waals surface area contributed by atoms with E-state index in [4.69, 9.17) is 24.9 Å². The zero-order valence-electron chi connectivity index (χ0n) is 14.1. The second kappa shape index (κ2) is 11.2. The van der Waals surface area contributed by atoms with E-state index in [1.165, 1.54) is 13.8 Å². The molecule has 0 rings (SSSR count). The van der Waals surface area contributed by atoms with Gasteiger partial charge in [0.25, 0.3) is 0 Å². The van der Waals surface area contributed by atoms with Crippen molar-refractivity contribution in [2.75, 3.05) is 18.9 Å². The number of hydrogen-bond acceptors (Lipinski definition) is 12. The van der Waals surface area contributed by atoms with Crippen molar-refractivity contribution in [2.24, 2.45) is 5.41 Å². The van der Waals surface area contributed by atoms with Gasteiger partial charge in [-0.15, -0.1) is 0 Å². The van der Waals surface area contributed by atoms with Crippen LogP contribution in [0, 0.1) is 5.41 Å². The summed E-state index contributed by atoms with van der Waals surface area (Å²) in [6.07, 6.45) is -5.50. The van der Waals surface area contributed by atoms with Crippen LogP contribution in [0.25, 0.3) is 0 Å². The molecule has 0 bridgehead atoms. The molecular formula is C12H31N2O9PS. The number of hydrogen-bond donors (Lipinski definition) is 11. The van der Waals surface area contributed by atoms with Crippen molar-refractivity contribution in [1.29, 1.82) is 0 Å². The van der Waals surface area contributed by atoms with Crippen molar-refractivity contribution in [3.63, 3.8) is 0 Å². The summed E-state index contributed by atoms with van der Waals surface area (Å²) in [6.45, 7) is 2.63. The molecule has 0 saturated carbocycles. The quantitative estimate of drug-likeness (QED) is 0.0822. The van der Waals surface area contributed by atoms with Crippen molar-refractivity contribution in [1.82, 2.24) is 10.6 Å². The first-order valence-electron chi connectivity index (χ1n) is 7.62. The topological polar surface area (TPSA) is 195 Å². The summed E-state index contributed by atoms with van der Waals surface area (Å²) >= 11 is 3.91. The van der Waals surface area contributed by atoms with Crippen molar-refractivity contribution in [2.45, 2.75) is 51.2 Å². The number of nitrogens with one attached hydrogen (secondary N) is 2. The third kappa shape index (κ3) is 10.9. The minimum atomic E-state index is -4.72. The van der Waals surface area contributed by atoms with Gasteiger partial charge in [-0.25, -0.2) is 0 Å².